The molecule has 40 heavy (non-hydrogen) atoms. The van der Waals surface area contributed by atoms with E-state index < -0.39 is 5.60 Å². The maximum Gasteiger partial charge on any atom is 0.410 e. The number of aryl methyl sites for hydroxylation is 1. The molecule has 2 aliphatic heterocycles. The number of carbonyl (C=O) groups is 1. The van der Waals surface area contributed by atoms with Gasteiger partial charge in [0, 0.05) is 56.5 Å². The Morgan fingerprint density at radius 2 is 2.00 bits per heavy atom. The second-order valence-electron chi connectivity index (χ2n) is 11.1. The minimum Gasteiger partial charge on any atom is -0.491 e. The number of aromatic nitrogens is 6. The summed E-state index contributed by atoms with van der Waals surface area (Å²) in [4.78, 5) is 21.3. The summed E-state index contributed by atoms with van der Waals surface area (Å²) in [7, 11) is 1.55. The van der Waals surface area contributed by atoms with Crippen molar-refractivity contribution in [1.29, 1.82) is 0 Å². The summed E-state index contributed by atoms with van der Waals surface area (Å²) in [5, 5.41) is 16.9. The molecule has 1 amide bonds. The van der Waals surface area contributed by atoms with Crippen LogP contribution in [0.2, 0.25) is 0 Å². The van der Waals surface area contributed by atoms with Gasteiger partial charge in [-0.3, -0.25) is 9.88 Å². The Kier molecular flexibility index (Phi) is 6.53. The zero-order valence-electron chi connectivity index (χ0n) is 23.2. The molecule has 0 bridgehead atoms. The molecular weight excluding hydrogens is 516 g/mol. The highest BCUT2D eigenvalue weighted by Gasteiger charge is 2.38. The first kappa shape index (κ1) is 26.0. The summed E-state index contributed by atoms with van der Waals surface area (Å²) in [6.07, 6.45) is 0.590. The number of pyridine rings is 1. The van der Waals surface area contributed by atoms with Crippen molar-refractivity contribution in [1.82, 2.24) is 39.8 Å². The quantitative estimate of drug-likeness (QED) is 0.352. The second-order valence-corrected chi connectivity index (χ2v) is 11.1. The van der Waals surface area contributed by atoms with E-state index in [-0.39, 0.29) is 12.7 Å². The van der Waals surface area contributed by atoms with E-state index in [0.717, 1.165) is 30.9 Å². The van der Waals surface area contributed by atoms with E-state index in [9.17, 15) is 4.79 Å². The summed E-state index contributed by atoms with van der Waals surface area (Å²) in [5.41, 5.74) is 3.60. The van der Waals surface area contributed by atoms with Gasteiger partial charge in [-0.15, -0.1) is 15.3 Å². The molecule has 210 valence electrons. The molecule has 0 atom stereocenters. The Labute approximate surface area is 231 Å². The lowest BCUT2D eigenvalue weighted by Crippen LogP contribution is -2.62. The lowest BCUT2D eigenvalue weighted by molar-refractivity contribution is -0.0181. The molecule has 0 aromatic carbocycles. The standard InChI is InChI=1S/C27H32N8O5/c1-16-10-21(32-40-16)24-30-29-23-11-22(37-5)25(31-35(23)24)38-15-18-7-6-17-12-33(9-8-20(17)28-18)19-13-34(14-19)26(36)39-27(2,3)4/h6-7,10-11,19H,8-9,12-15H2,1-5H3. The average molecular weight is 549 g/mol. The van der Waals surface area contributed by atoms with Crippen LogP contribution >= 0.6 is 0 Å². The zero-order valence-corrected chi connectivity index (χ0v) is 23.2. The van der Waals surface area contributed by atoms with Crippen molar-refractivity contribution in [2.45, 2.75) is 58.9 Å². The van der Waals surface area contributed by atoms with Crippen molar-refractivity contribution in [3.8, 4) is 23.1 Å². The number of rotatable bonds is 6. The first-order valence-corrected chi connectivity index (χ1v) is 13.2. The van der Waals surface area contributed by atoms with Crippen molar-refractivity contribution in [2.75, 3.05) is 26.7 Å². The second kappa shape index (κ2) is 10.0. The van der Waals surface area contributed by atoms with E-state index in [4.69, 9.17) is 23.7 Å². The smallest absolute Gasteiger partial charge is 0.410 e. The van der Waals surface area contributed by atoms with Crippen LogP contribution in [-0.4, -0.2) is 84.2 Å². The lowest BCUT2D eigenvalue weighted by atomic mass is 10.00. The molecule has 0 radical (unpaired) electrons. The number of carbonyl (C=O) groups excluding carboxylic acids is 1. The molecule has 2 aliphatic rings. The van der Waals surface area contributed by atoms with Crippen LogP contribution in [-0.2, 0) is 24.3 Å². The molecule has 0 spiro atoms. The molecule has 0 saturated carbocycles. The van der Waals surface area contributed by atoms with Crippen LogP contribution in [0.5, 0.6) is 11.6 Å². The van der Waals surface area contributed by atoms with Gasteiger partial charge < -0.3 is 23.6 Å². The van der Waals surface area contributed by atoms with Gasteiger partial charge in [0.15, 0.2) is 17.1 Å². The number of ether oxygens (including phenoxy) is 3. The number of likely N-dealkylation sites (tertiary alicyclic amines) is 1. The zero-order chi connectivity index (χ0) is 28.0. The summed E-state index contributed by atoms with van der Waals surface area (Å²) < 4.78 is 23.7. The fraction of sp³-hybridized carbons (Fsp3) is 0.481. The third-order valence-electron chi connectivity index (χ3n) is 6.93. The Morgan fingerprint density at radius 1 is 1.18 bits per heavy atom. The predicted octanol–water partition coefficient (Wildman–Crippen LogP) is 3.05. The average Bonchev–Trinajstić information content (AvgIpc) is 3.50. The van der Waals surface area contributed by atoms with Crippen molar-refractivity contribution in [3.63, 3.8) is 0 Å². The van der Waals surface area contributed by atoms with Crippen LogP contribution < -0.4 is 9.47 Å². The number of fused-ring (bicyclic) bond motifs is 2. The number of methoxy groups -OCH3 is 1. The molecular formula is C27H32N8O5. The van der Waals surface area contributed by atoms with Crippen LogP contribution in [0, 0.1) is 6.92 Å². The fourth-order valence-electron chi connectivity index (χ4n) is 4.86. The maximum atomic E-state index is 12.3. The highest BCUT2D eigenvalue weighted by atomic mass is 16.6. The SMILES string of the molecule is COc1cc2nnc(-c3cc(C)on3)n2nc1OCc1ccc2c(n1)CCN(C1CN(C(=O)OC(C)(C)C)C1)C2. The summed E-state index contributed by atoms with van der Waals surface area (Å²) in [6.45, 7) is 10.8. The van der Waals surface area contributed by atoms with Gasteiger partial charge in [-0.05, 0) is 39.3 Å². The Hall–Kier alpha value is -4.26. The monoisotopic (exact) mass is 548 g/mol. The van der Waals surface area contributed by atoms with Crippen LogP contribution in [0.25, 0.3) is 17.2 Å². The Balaban J connectivity index is 1.10. The first-order valence-electron chi connectivity index (χ1n) is 13.2. The van der Waals surface area contributed by atoms with E-state index in [1.165, 1.54) is 5.56 Å². The van der Waals surface area contributed by atoms with Gasteiger partial charge in [0.25, 0.3) is 5.88 Å². The molecule has 13 heteroatoms. The van der Waals surface area contributed by atoms with E-state index in [0.29, 0.717) is 53.7 Å². The van der Waals surface area contributed by atoms with Gasteiger partial charge in [0.2, 0.25) is 5.82 Å². The molecule has 6 heterocycles. The van der Waals surface area contributed by atoms with Crippen molar-refractivity contribution >= 4 is 11.7 Å². The molecule has 1 fully saturated rings. The molecule has 13 nitrogen and oxygen atoms in total. The third-order valence-corrected chi connectivity index (χ3v) is 6.93. The highest BCUT2D eigenvalue weighted by molar-refractivity contribution is 5.69. The Bertz CT molecular complexity index is 1550. The Morgan fingerprint density at radius 3 is 2.73 bits per heavy atom. The van der Waals surface area contributed by atoms with Gasteiger partial charge >= 0.3 is 6.09 Å². The summed E-state index contributed by atoms with van der Waals surface area (Å²) in [5.74, 6) is 1.84. The van der Waals surface area contributed by atoms with Crippen LogP contribution in [0.15, 0.2) is 28.8 Å². The minimum atomic E-state index is -0.482. The fourth-order valence-corrected chi connectivity index (χ4v) is 4.86. The van der Waals surface area contributed by atoms with E-state index in [1.54, 1.807) is 35.6 Å². The van der Waals surface area contributed by atoms with Crippen molar-refractivity contribution in [3.05, 3.63) is 47.0 Å². The summed E-state index contributed by atoms with van der Waals surface area (Å²) >= 11 is 0. The van der Waals surface area contributed by atoms with E-state index in [2.05, 4.69) is 31.4 Å². The molecule has 1 saturated heterocycles. The van der Waals surface area contributed by atoms with Crippen molar-refractivity contribution < 1.29 is 23.5 Å². The number of hydrogen-bond acceptors (Lipinski definition) is 11. The number of amides is 1. The molecule has 4 aromatic rings. The van der Waals surface area contributed by atoms with Gasteiger partial charge in [0.05, 0.1) is 12.8 Å². The molecule has 0 N–H and O–H groups in total. The largest absolute Gasteiger partial charge is 0.491 e. The number of hydrogen-bond donors (Lipinski definition) is 0. The third kappa shape index (κ3) is 5.16. The molecule has 0 aliphatic carbocycles. The van der Waals surface area contributed by atoms with Crippen LogP contribution in [0.1, 0.15) is 43.5 Å². The lowest BCUT2D eigenvalue weighted by Gasteiger charge is -2.46. The predicted molar refractivity (Wildman–Crippen MR) is 142 cm³/mol. The normalized spacial score (nSPS) is 16.1. The maximum absolute atomic E-state index is 12.3. The van der Waals surface area contributed by atoms with Gasteiger partial charge in [-0.25, -0.2) is 4.79 Å². The highest BCUT2D eigenvalue weighted by Crippen LogP contribution is 2.29. The topological polar surface area (TPSA) is 133 Å². The van der Waals surface area contributed by atoms with Gasteiger partial charge in [0.1, 0.15) is 18.0 Å². The summed E-state index contributed by atoms with van der Waals surface area (Å²) in [6, 6.07) is 7.90. The van der Waals surface area contributed by atoms with E-state index in [1.807, 2.05) is 26.8 Å². The molecule has 6 rings (SSSR count). The number of nitrogens with zero attached hydrogens (tertiary/aromatic N) is 8. The van der Waals surface area contributed by atoms with Crippen LogP contribution in [0.4, 0.5) is 4.79 Å². The van der Waals surface area contributed by atoms with Crippen molar-refractivity contribution in [2.24, 2.45) is 0 Å². The first-order chi connectivity index (χ1) is 19.2. The molecule has 0 unspecified atom stereocenters. The van der Waals surface area contributed by atoms with Gasteiger partial charge in [-0.1, -0.05) is 11.2 Å². The molecule has 4 aromatic heterocycles. The van der Waals surface area contributed by atoms with E-state index >= 15 is 0 Å². The minimum absolute atomic E-state index is 0.222. The van der Waals surface area contributed by atoms with Crippen LogP contribution in [0.3, 0.4) is 0 Å². The van der Waals surface area contributed by atoms with Gasteiger partial charge in [-0.2, -0.15) is 4.52 Å².